The maximum absolute atomic E-state index is 9.75. The van der Waals surface area contributed by atoms with E-state index in [0.717, 1.165) is 0 Å². The van der Waals surface area contributed by atoms with Crippen LogP contribution in [0.5, 0.6) is 0 Å². The Morgan fingerprint density at radius 1 is 1.40 bits per heavy atom. The molecule has 0 saturated heterocycles. The van der Waals surface area contributed by atoms with Gasteiger partial charge < -0.3 is 10.4 Å². The molecule has 3 rings (SSSR count). The number of imidazole rings is 1. The van der Waals surface area contributed by atoms with Crippen molar-refractivity contribution in [3.05, 3.63) is 24.0 Å². The minimum Gasteiger partial charge on any atom is -0.392 e. The van der Waals surface area contributed by atoms with Gasteiger partial charge in [0.2, 0.25) is 17.2 Å². The maximum atomic E-state index is 9.75. The zero-order chi connectivity index (χ0) is 14.3. The Labute approximate surface area is 121 Å². The van der Waals surface area contributed by atoms with Gasteiger partial charge in [-0.2, -0.15) is 15.0 Å². The minimum atomic E-state index is -0.314. The molecule has 0 aromatic carbocycles. The van der Waals surface area contributed by atoms with Crippen LogP contribution in [0.15, 0.2) is 18.7 Å². The van der Waals surface area contributed by atoms with Crippen LogP contribution < -0.4 is 5.32 Å². The lowest BCUT2D eigenvalue weighted by Crippen LogP contribution is -2.57. The number of halogens is 1. The zero-order valence-corrected chi connectivity index (χ0v) is 11.9. The minimum absolute atomic E-state index is 0.103. The van der Waals surface area contributed by atoms with Crippen molar-refractivity contribution in [3.63, 3.8) is 0 Å². The number of anilines is 1. The Balaban J connectivity index is 1.84. The van der Waals surface area contributed by atoms with E-state index in [1.54, 1.807) is 23.3 Å². The van der Waals surface area contributed by atoms with E-state index in [1.807, 2.05) is 13.8 Å². The largest absolute Gasteiger partial charge is 0.392 e. The SMILES string of the molecule is CC1(C)C(O)CC1Nc1nc(Cl)nc(-n2ccnc2)n1. The van der Waals surface area contributed by atoms with Crippen molar-refractivity contribution in [1.29, 1.82) is 0 Å². The predicted octanol–water partition coefficient (Wildman–Crippen LogP) is 1.28. The van der Waals surface area contributed by atoms with E-state index < -0.39 is 0 Å². The summed E-state index contributed by atoms with van der Waals surface area (Å²) in [5.74, 6) is 0.807. The third-order valence-corrected chi connectivity index (χ3v) is 4.02. The summed E-state index contributed by atoms with van der Waals surface area (Å²) in [5, 5.41) is 13.1. The highest BCUT2D eigenvalue weighted by Crippen LogP contribution is 2.41. The molecule has 0 amide bonds. The molecule has 1 aliphatic rings. The summed E-state index contributed by atoms with van der Waals surface area (Å²) in [5.41, 5.74) is -0.214. The van der Waals surface area contributed by atoms with Gasteiger partial charge in [-0.3, -0.25) is 4.57 Å². The molecule has 1 aliphatic carbocycles. The van der Waals surface area contributed by atoms with E-state index in [9.17, 15) is 5.11 Å². The van der Waals surface area contributed by atoms with E-state index in [0.29, 0.717) is 18.3 Å². The Morgan fingerprint density at radius 2 is 2.20 bits per heavy atom. The van der Waals surface area contributed by atoms with Crippen LogP contribution in [0.25, 0.3) is 5.95 Å². The van der Waals surface area contributed by atoms with Gasteiger partial charge in [0.15, 0.2) is 0 Å². The maximum Gasteiger partial charge on any atom is 0.241 e. The molecule has 2 unspecified atom stereocenters. The highest BCUT2D eigenvalue weighted by Gasteiger charge is 2.47. The van der Waals surface area contributed by atoms with Crippen LogP contribution in [0.4, 0.5) is 5.95 Å². The van der Waals surface area contributed by atoms with Crippen molar-refractivity contribution in [3.8, 4) is 5.95 Å². The summed E-state index contributed by atoms with van der Waals surface area (Å²) >= 11 is 5.93. The molecule has 0 aliphatic heterocycles. The van der Waals surface area contributed by atoms with E-state index in [1.165, 1.54) is 0 Å². The fourth-order valence-electron chi connectivity index (χ4n) is 2.20. The van der Waals surface area contributed by atoms with Crippen molar-refractivity contribution in [2.24, 2.45) is 5.41 Å². The van der Waals surface area contributed by atoms with Gasteiger partial charge in [-0.15, -0.1) is 0 Å². The number of aromatic nitrogens is 5. The fourth-order valence-corrected chi connectivity index (χ4v) is 2.36. The molecule has 2 atom stereocenters. The summed E-state index contributed by atoms with van der Waals surface area (Å²) in [6, 6.07) is 0.103. The lowest BCUT2D eigenvalue weighted by molar-refractivity contribution is -0.0512. The van der Waals surface area contributed by atoms with Crippen LogP contribution in [-0.4, -0.2) is 41.8 Å². The predicted molar refractivity (Wildman–Crippen MR) is 73.8 cm³/mol. The molecule has 0 spiro atoms. The van der Waals surface area contributed by atoms with E-state index in [2.05, 4.69) is 25.3 Å². The second-order valence-electron chi connectivity index (χ2n) is 5.47. The van der Waals surface area contributed by atoms with Gasteiger partial charge in [-0.25, -0.2) is 4.98 Å². The molecule has 2 heterocycles. The van der Waals surface area contributed by atoms with Crippen molar-refractivity contribution in [2.45, 2.75) is 32.4 Å². The molecule has 0 radical (unpaired) electrons. The number of aliphatic hydroxyl groups excluding tert-OH is 1. The smallest absolute Gasteiger partial charge is 0.241 e. The molecule has 2 aromatic rings. The van der Waals surface area contributed by atoms with E-state index in [-0.39, 0.29) is 22.8 Å². The van der Waals surface area contributed by atoms with Crippen LogP contribution in [0.2, 0.25) is 5.28 Å². The third-order valence-electron chi connectivity index (χ3n) is 3.85. The number of hydrogen-bond donors (Lipinski definition) is 2. The van der Waals surface area contributed by atoms with Crippen LogP contribution in [0.3, 0.4) is 0 Å². The molecular formula is C12H15ClN6O. The molecule has 1 fully saturated rings. The van der Waals surface area contributed by atoms with Crippen LogP contribution in [-0.2, 0) is 0 Å². The third kappa shape index (κ3) is 2.23. The normalized spacial score (nSPS) is 24.2. The highest BCUT2D eigenvalue weighted by atomic mass is 35.5. The summed E-state index contributed by atoms with van der Waals surface area (Å²) in [4.78, 5) is 16.4. The Kier molecular flexibility index (Phi) is 3.10. The molecule has 106 valence electrons. The van der Waals surface area contributed by atoms with Gasteiger partial charge in [-0.05, 0) is 18.0 Å². The number of nitrogens with zero attached hydrogens (tertiary/aromatic N) is 5. The summed E-state index contributed by atoms with van der Waals surface area (Å²) in [6.07, 6.45) is 5.30. The monoisotopic (exact) mass is 294 g/mol. The first-order valence-electron chi connectivity index (χ1n) is 6.31. The lowest BCUT2D eigenvalue weighted by atomic mass is 9.65. The number of rotatable bonds is 3. The van der Waals surface area contributed by atoms with Gasteiger partial charge in [0.1, 0.15) is 6.33 Å². The average Bonchev–Trinajstić information content (AvgIpc) is 2.91. The second-order valence-corrected chi connectivity index (χ2v) is 5.81. The first-order valence-corrected chi connectivity index (χ1v) is 6.69. The highest BCUT2D eigenvalue weighted by molar-refractivity contribution is 6.28. The van der Waals surface area contributed by atoms with Crippen LogP contribution >= 0.6 is 11.6 Å². The molecule has 7 nitrogen and oxygen atoms in total. The number of nitrogens with one attached hydrogen (secondary N) is 1. The van der Waals surface area contributed by atoms with Gasteiger partial charge >= 0.3 is 0 Å². The van der Waals surface area contributed by atoms with Gasteiger partial charge in [0.05, 0.1) is 6.10 Å². The Bertz CT molecular complexity index is 614. The van der Waals surface area contributed by atoms with Crippen molar-refractivity contribution in [2.75, 3.05) is 5.32 Å². The fraction of sp³-hybridized carbons (Fsp3) is 0.500. The molecule has 8 heteroatoms. The van der Waals surface area contributed by atoms with Gasteiger partial charge in [-0.1, -0.05) is 13.8 Å². The number of aliphatic hydroxyl groups is 1. The molecule has 20 heavy (non-hydrogen) atoms. The van der Waals surface area contributed by atoms with Crippen molar-refractivity contribution < 1.29 is 5.11 Å². The first-order chi connectivity index (χ1) is 9.46. The average molecular weight is 295 g/mol. The Morgan fingerprint density at radius 3 is 2.80 bits per heavy atom. The summed E-state index contributed by atoms with van der Waals surface area (Å²) < 4.78 is 1.65. The molecule has 1 saturated carbocycles. The van der Waals surface area contributed by atoms with Gasteiger partial charge in [0.25, 0.3) is 0 Å². The molecule has 2 N–H and O–H groups in total. The van der Waals surface area contributed by atoms with Crippen LogP contribution in [0, 0.1) is 5.41 Å². The molecule has 0 bridgehead atoms. The van der Waals surface area contributed by atoms with Crippen molar-refractivity contribution in [1.82, 2.24) is 24.5 Å². The first kappa shape index (κ1) is 13.3. The van der Waals surface area contributed by atoms with E-state index >= 15 is 0 Å². The zero-order valence-electron chi connectivity index (χ0n) is 11.2. The Hall–Kier alpha value is -1.73. The van der Waals surface area contributed by atoms with Crippen molar-refractivity contribution >= 4 is 17.5 Å². The quantitative estimate of drug-likeness (QED) is 0.886. The molecular weight excluding hydrogens is 280 g/mol. The van der Waals surface area contributed by atoms with E-state index in [4.69, 9.17) is 11.6 Å². The molecule has 2 aromatic heterocycles. The topological polar surface area (TPSA) is 88.8 Å². The summed E-state index contributed by atoms with van der Waals surface area (Å²) in [6.45, 7) is 4.00. The number of hydrogen-bond acceptors (Lipinski definition) is 6. The lowest BCUT2D eigenvalue weighted by Gasteiger charge is -2.49. The van der Waals surface area contributed by atoms with Gasteiger partial charge in [0, 0.05) is 23.9 Å². The van der Waals surface area contributed by atoms with Crippen LogP contribution in [0.1, 0.15) is 20.3 Å². The second kappa shape index (κ2) is 4.68. The summed E-state index contributed by atoms with van der Waals surface area (Å²) in [7, 11) is 0. The standard InChI is InChI=1S/C12H15ClN6O/c1-12(2)7(5-8(12)20)15-10-16-9(13)17-11(18-10)19-4-3-14-6-19/h3-4,6-8,20H,5H2,1-2H3,(H,15,16,17,18).